The van der Waals surface area contributed by atoms with Gasteiger partial charge in [-0.3, -0.25) is 4.79 Å². The lowest BCUT2D eigenvalue weighted by Gasteiger charge is -2.33. The maximum absolute atomic E-state index is 12.5. The number of nitrogens with one attached hydrogen (secondary N) is 1. The number of piperidine rings is 1. The monoisotopic (exact) mass is 298 g/mol. The number of likely N-dealkylation sites (N-methyl/N-ethyl adjacent to an activating group) is 1. The lowest BCUT2D eigenvalue weighted by molar-refractivity contribution is 0.0697. The van der Waals surface area contributed by atoms with E-state index in [9.17, 15) is 4.79 Å². The van der Waals surface area contributed by atoms with Crippen LogP contribution in [0.25, 0.3) is 0 Å². The zero-order valence-corrected chi connectivity index (χ0v) is 13.1. The smallest absolute Gasteiger partial charge is 0.254 e. The van der Waals surface area contributed by atoms with E-state index in [4.69, 9.17) is 4.74 Å². The van der Waals surface area contributed by atoms with Crippen LogP contribution in [0, 0.1) is 6.92 Å². The Balaban J connectivity index is 0.00000200. The lowest BCUT2D eigenvalue weighted by atomic mass is 10.0. The molecule has 1 aliphatic rings. The van der Waals surface area contributed by atoms with Gasteiger partial charge in [0, 0.05) is 24.7 Å². The van der Waals surface area contributed by atoms with Gasteiger partial charge in [0.2, 0.25) is 0 Å². The van der Waals surface area contributed by atoms with Crippen LogP contribution in [-0.2, 0) is 0 Å². The van der Waals surface area contributed by atoms with Crippen LogP contribution in [0.2, 0.25) is 0 Å². The number of hydrogen-bond donors (Lipinski definition) is 1. The first-order chi connectivity index (χ1) is 9.15. The number of carbonyl (C=O) groups excluding carboxylic acids is 1. The van der Waals surface area contributed by atoms with E-state index in [1.54, 1.807) is 7.11 Å². The van der Waals surface area contributed by atoms with E-state index in [0.29, 0.717) is 6.04 Å². The molecule has 20 heavy (non-hydrogen) atoms. The quantitative estimate of drug-likeness (QED) is 0.930. The normalized spacial score (nSPS) is 18.4. The summed E-state index contributed by atoms with van der Waals surface area (Å²) in [5.41, 5.74) is 1.74. The fourth-order valence-corrected chi connectivity index (χ4v) is 2.57. The second kappa shape index (κ2) is 7.50. The third-order valence-corrected chi connectivity index (χ3v) is 3.78. The van der Waals surface area contributed by atoms with Crippen LogP contribution in [0.1, 0.15) is 28.8 Å². The van der Waals surface area contributed by atoms with Crippen molar-refractivity contribution in [3.8, 4) is 5.75 Å². The number of amides is 1. The van der Waals surface area contributed by atoms with Crippen LogP contribution in [0.4, 0.5) is 0 Å². The summed E-state index contributed by atoms with van der Waals surface area (Å²) in [7, 11) is 3.59. The fourth-order valence-electron chi connectivity index (χ4n) is 2.57. The number of rotatable bonds is 3. The minimum atomic E-state index is 0. The highest BCUT2D eigenvalue weighted by Crippen LogP contribution is 2.20. The molecular formula is C15H23ClN2O2. The van der Waals surface area contributed by atoms with Crippen molar-refractivity contribution in [2.24, 2.45) is 0 Å². The molecule has 1 aromatic carbocycles. The van der Waals surface area contributed by atoms with Crippen molar-refractivity contribution in [2.75, 3.05) is 27.2 Å². The zero-order chi connectivity index (χ0) is 13.8. The molecule has 1 N–H and O–H groups in total. The number of ether oxygens (including phenoxy) is 1. The molecular weight excluding hydrogens is 276 g/mol. The Morgan fingerprint density at radius 1 is 1.45 bits per heavy atom. The number of nitrogens with zero attached hydrogens (tertiary/aromatic N) is 1. The van der Waals surface area contributed by atoms with Crippen molar-refractivity contribution in [3.63, 3.8) is 0 Å². The first kappa shape index (κ1) is 16.8. The van der Waals surface area contributed by atoms with E-state index < -0.39 is 0 Å². The van der Waals surface area contributed by atoms with Gasteiger partial charge in [-0.1, -0.05) is 0 Å². The van der Waals surface area contributed by atoms with Crippen LogP contribution in [0.3, 0.4) is 0 Å². The molecule has 0 aromatic heterocycles. The first-order valence-corrected chi connectivity index (χ1v) is 6.77. The number of benzene rings is 1. The molecule has 1 fully saturated rings. The zero-order valence-electron chi connectivity index (χ0n) is 12.3. The van der Waals surface area contributed by atoms with Crippen molar-refractivity contribution in [3.05, 3.63) is 29.3 Å². The SMILES string of the molecule is CNC1CCCN(C(=O)c2ccc(OC)cc2C)C1.Cl. The molecule has 1 amide bonds. The average Bonchev–Trinajstić information content (AvgIpc) is 2.46. The third-order valence-electron chi connectivity index (χ3n) is 3.78. The molecule has 0 bridgehead atoms. The Kier molecular flexibility index (Phi) is 6.30. The van der Waals surface area contributed by atoms with Crippen LogP contribution in [0.5, 0.6) is 5.75 Å². The highest BCUT2D eigenvalue weighted by molar-refractivity contribution is 5.95. The van der Waals surface area contributed by atoms with E-state index in [-0.39, 0.29) is 18.3 Å². The summed E-state index contributed by atoms with van der Waals surface area (Å²) in [5, 5.41) is 3.26. The molecule has 1 aliphatic heterocycles. The van der Waals surface area contributed by atoms with Crippen LogP contribution in [0.15, 0.2) is 18.2 Å². The van der Waals surface area contributed by atoms with E-state index in [0.717, 1.165) is 42.8 Å². The molecule has 0 saturated carbocycles. The molecule has 1 aromatic rings. The third kappa shape index (κ3) is 3.64. The summed E-state index contributed by atoms with van der Waals surface area (Å²) in [4.78, 5) is 14.5. The molecule has 4 nitrogen and oxygen atoms in total. The minimum absolute atomic E-state index is 0. The summed E-state index contributed by atoms with van der Waals surface area (Å²) in [5.74, 6) is 0.917. The molecule has 1 atom stereocenters. The fraction of sp³-hybridized carbons (Fsp3) is 0.533. The van der Waals surface area contributed by atoms with Gasteiger partial charge in [-0.25, -0.2) is 0 Å². The summed E-state index contributed by atoms with van der Waals surface area (Å²) in [6.45, 7) is 3.60. The number of aryl methyl sites for hydroxylation is 1. The molecule has 112 valence electrons. The van der Waals surface area contributed by atoms with Gasteiger partial charge < -0.3 is 15.0 Å². The van der Waals surface area contributed by atoms with Gasteiger partial charge in [-0.2, -0.15) is 0 Å². The largest absolute Gasteiger partial charge is 0.497 e. The van der Waals surface area contributed by atoms with Crippen molar-refractivity contribution < 1.29 is 9.53 Å². The number of hydrogen-bond acceptors (Lipinski definition) is 3. The van der Waals surface area contributed by atoms with E-state index >= 15 is 0 Å². The molecule has 1 heterocycles. The maximum atomic E-state index is 12.5. The van der Waals surface area contributed by atoms with Gasteiger partial charge >= 0.3 is 0 Å². The number of methoxy groups -OCH3 is 1. The number of likely N-dealkylation sites (tertiary alicyclic amines) is 1. The minimum Gasteiger partial charge on any atom is -0.497 e. The van der Waals surface area contributed by atoms with Crippen LogP contribution >= 0.6 is 12.4 Å². The van der Waals surface area contributed by atoms with Crippen LogP contribution in [-0.4, -0.2) is 44.1 Å². The van der Waals surface area contributed by atoms with Crippen LogP contribution < -0.4 is 10.1 Å². The summed E-state index contributed by atoms with van der Waals surface area (Å²) in [6, 6.07) is 6.03. The van der Waals surface area contributed by atoms with Gasteiger partial charge in [0.1, 0.15) is 5.75 Å². The number of carbonyl (C=O) groups is 1. The predicted molar refractivity (Wildman–Crippen MR) is 83.0 cm³/mol. The highest BCUT2D eigenvalue weighted by atomic mass is 35.5. The average molecular weight is 299 g/mol. The standard InChI is InChI=1S/C15H22N2O2.ClH/c1-11-9-13(19-3)6-7-14(11)15(18)17-8-4-5-12(10-17)16-2;/h6-7,9,12,16H,4-5,8,10H2,1-3H3;1H. The van der Waals surface area contributed by atoms with Gasteiger partial charge in [0.05, 0.1) is 7.11 Å². The maximum Gasteiger partial charge on any atom is 0.254 e. The molecule has 1 unspecified atom stereocenters. The Morgan fingerprint density at radius 2 is 2.20 bits per heavy atom. The highest BCUT2D eigenvalue weighted by Gasteiger charge is 2.24. The van der Waals surface area contributed by atoms with Gasteiger partial charge in [-0.05, 0) is 50.6 Å². The summed E-state index contributed by atoms with van der Waals surface area (Å²) in [6.07, 6.45) is 2.20. The second-order valence-corrected chi connectivity index (χ2v) is 5.06. The Hall–Kier alpha value is -1.26. The van der Waals surface area contributed by atoms with E-state index in [1.165, 1.54) is 0 Å². The van der Waals surface area contributed by atoms with Crippen molar-refractivity contribution in [1.82, 2.24) is 10.2 Å². The summed E-state index contributed by atoms with van der Waals surface area (Å²) >= 11 is 0. The van der Waals surface area contributed by atoms with Crippen molar-refractivity contribution >= 4 is 18.3 Å². The predicted octanol–water partition coefficient (Wildman–Crippen LogP) is 2.25. The Morgan fingerprint density at radius 3 is 2.80 bits per heavy atom. The number of halogens is 1. The molecule has 0 spiro atoms. The van der Waals surface area contributed by atoms with E-state index in [2.05, 4.69) is 5.32 Å². The second-order valence-electron chi connectivity index (χ2n) is 5.06. The Labute approximate surface area is 126 Å². The van der Waals surface area contributed by atoms with Crippen molar-refractivity contribution in [1.29, 1.82) is 0 Å². The molecule has 0 radical (unpaired) electrons. The Bertz CT molecular complexity index is 465. The molecule has 2 rings (SSSR count). The van der Waals surface area contributed by atoms with Crippen molar-refractivity contribution in [2.45, 2.75) is 25.8 Å². The van der Waals surface area contributed by atoms with Gasteiger partial charge in [-0.15, -0.1) is 12.4 Å². The van der Waals surface area contributed by atoms with Gasteiger partial charge in [0.15, 0.2) is 0 Å². The lowest BCUT2D eigenvalue weighted by Crippen LogP contribution is -2.47. The van der Waals surface area contributed by atoms with E-state index in [1.807, 2.05) is 37.1 Å². The molecule has 0 aliphatic carbocycles. The topological polar surface area (TPSA) is 41.6 Å². The molecule has 5 heteroatoms. The molecule has 1 saturated heterocycles. The summed E-state index contributed by atoms with van der Waals surface area (Å²) < 4.78 is 5.17. The van der Waals surface area contributed by atoms with Gasteiger partial charge in [0.25, 0.3) is 5.91 Å². The first-order valence-electron chi connectivity index (χ1n) is 6.77.